The highest BCUT2D eigenvalue weighted by Crippen LogP contribution is 2.24. The number of unbranched alkanes of at least 4 members (excludes halogenated alkanes) is 1. The average Bonchev–Trinajstić information content (AvgIpc) is 2.96. The molecule has 0 amide bonds. The predicted octanol–water partition coefficient (Wildman–Crippen LogP) is 10.4. The summed E-state index contributed by atoms with van der Waals surface area (Å²) >= 11 is 0. The first kappa shape index (κ1) is 29.8. The first-order chi connectivity index (χ1) is 18.9. The van der Waals surface area contributed by atoms with Gasteiger partial charge in [-0.05, 0) is 60.4 Å². The molecule has 0 aromatic heterocycles. The molecule has 2 nitrogen and oxygen atoms in total. The van der Waals surface area contributed by atoms with Gasteiger partial charge < -0.3 is 0 Å². The summed E-state index contributed by atoms with van der Waals surface area (Å²) in [5.41, 5.74) is 9.25. The molecule has 3 aromatic carbocycles. The van der Waals surface area contributed by atoms with Crippen molar-refractivity contribution in [2.45, 2.75) is 66.2 Å². The Morgan fingerprint density at radius 3 is 2.26 bits per heavy atom. The van der Waals surface area contributed by atoms with Crippen LogP contribution in [0.25, 0.3) is 17.8 Å². The third kappa shape index (κ3) is 8.35. The Morgan fingerprint density at radius 1 is 0.872 bits per heavy atom. The number of amidine groups is 1. The Bertz CT molecular complexity index is 1340. The van der Waals surface area contributed by atoms with Crippen LogP contribution in [0.1, 0.15) is 91.8 Å². The number of hydrogen-bond donors (Lipinski definition) is 0. The summed E-state index contributed by atoms with van der Waals surface area (Å²) < 4.78 is 0. The molecule has 1 atom stereocenters. The molecule has 0 saturated carbocycles. The van der Waals surface area contributed by atoms with Gasteiger partial charge in [0.1, 0.15) is 0 Å². The van der Waals surface area contributed by atoms with E-state index in [1.807, 2.05) is 43.3 Å². The van der Waals surface area contributed by atoms with Crippen LogP contribution in [0.2, 0.25) is 0 Å². The first-order valence-corrected chi connectivity index (χ1v) is 14.3. The van der Waals surface area contributed by atoms with Crippen molar-refractivity contribution in [3.8, 4) is 0 Å². The van der Waals surface area contributed by atoms with Crippen LogP contribution in [0.4, 0.5) is 0 Å². The monoisotopic (exact) mass is 516 g/mol. The van der Waals surface area contributed by atoms with Gasteiger partial charge in [-0.15, -0.1) is 0 Å². The van der Waals surface area contributed by atoms with Crippen molar-refractivity contribution in [1.82, 2.24) is 0 Å². The van der Waals surface area contributed by atoms with Gasteiger partial charge in [-0.1, -0.05) is 138 Å². The van der Waals surface area contributed by atoms with Gasteiger partial charge in [-0.25, -0.2) is 9.98 Å². The molecule has 0 aliphatic carbocycles. The molecule has 0 fully saturated rings. The normalized spacial score (nSPS) is 12.7. The van der Waals surface area contributed by atoms with Crippen molar-refractivity contribution in [2.75, 3.05) is 0 Å². The highest BCUT2D eigenvalue weighted by Gasteiger charge is 2.13. The number of hydrogen-bond acceptors (Lipinski definition) is 1. The van der Waals surface area contributed by atoms with Crippen LogP contribution in [-0.2, 0) is 6.42 Å². The van der Waals surface area contributed by atoms with Crippen LogP contribution in [0.3, 0.4) is 0 Å². The van der Waals surface area contributed by atoms with E-state index in [9.17, 15) is 0 Å². The lowest BCUT2D eigenvalue weighted by Gasteiger charge is -2.15. The fraction of sp³-hybridized carbons (Fsp3) is 0.297. The quantitative estimate of drug-likeness (QED) is 0.159. The zero-order chi connectivity index (χ0) is 28.2. The number of nitrogens with zero attached hydrogens (tertiary/aromatic N) is 2. The molecular formula is C37H44N2. The lowest BCUT2D eigenvalue weighted by Crippen LogP contribution is -2.07. The molecule has 0 bridgehead atoms. The Hall–Kier alpha value is -3.78. The van der Waals surface area contributed by atoms with E-state index in [4.69, 9.17) is 9.98 Å². The molecule has 0 heterocycles. The summed E-state index contributed by atoms with van der Waals surface area (Å²) in [5.74, 6) is 1.47. The maximum atomic E-state index is 5.06. The lowest BCUT2D eigenvalue weighted by molar-refractivity contribution is 0.422. The summed E-state index contributed by atoms with van der Waals surface area (Å²) in [6, 6.07) is 23.1. The van der Waals surface area contributed by atoms with E-state index < -0.39 is 0 Å². The zero-order valence-electron chi connectivity index (χ0n) is 24.3. The number of rotatable bonds is 13. The minimum atomic E-state index is 0.669. The molecule has 39 heavy (non-hydrogen) atoms. The number of aliphatic imine (C=N–C) groups is 2. The molecule has 0 radical (unpaired) electrons. The molecule has 0 N–H and O–H groups in total. The minimum Gasteiger partial charge on any atom is -0.233 e. The fourth-order valence-corrected chi connectivity index (χ4v) is 4.90. The summed E-state index contributed by atoms with van der Waals surface area (Å²) in [7, 11) is 0. The van der Waals surface area contributed by atoms with Crippen molar-refractivity contribution in [3.63, 3.8) is 0 Å². The SMILES string of the molecule is C=Cc1ccc(C(C)=NC(=NC(=C)c2ccccc2C=C)c2ccc(CCC(CC)CCCC)cc2C)cc1. The number of benzene rings is 3. The second-order valence-corrected chi connectivity index (χ2v) is 10.3. The van der Waals surface area contributed by atoms with Crippen molar-refractivity contribution in [2.24, 2.45) is 15.9 Å². The van der Waals surface area contributed by atoms with Gasteiger partial charge >= 0.3 is 0 Å². The molecule has 0 aliphatic heterocycles. The van der Waals surface area contributed by atoms with Crippen LogP contribution in [0, 0.1) is 12.8 Å². The molecule has 2 heteroatoms. The lowest BCUT2D eigenvalue weighted by atomic mass is 9.91. The highest BCUT2D eigenvalue weighted by atomic mass is 14.9. The Balaban J connectivity index is 1.99. The molecule has 1 unspecified atom stereocenters. The maximum Gasteiger partial charge on any atom is 0.160 e. The van der Waals surface area contributed by atoms with E-state index in [0.29, 0.717) is 11.5 Å². The highest BCUT2D eigenvalue weighted by molar-refractivity contribution is 6.13. The van der Waals surface area contributed by atoms with Gasteiger partial charge in [0, 0.05) is 16.8 Å². The van der Waals surface area contributed by atoms with Gasteiger partial charge in [-0.2, -0.15) is 0 Å². The van der Waals surface area contributed by atoms with Crippen LogP contribution >= 0.6 is 0 Å². The smallest absolute Gasteiger partial charge is 0.160 e. The summed E-state index contributed by atoms with van der Waals surface area (Å²) in [6.45, 7) is 20.9. The largest absolute Gasteiger partial charge is 0.233 e. The topological polar surface area (TPSA) is 24.7 Å². The van der Waals surface area contributed by atoms with Crippen molar-refractivity contribution in [1.29, 1.82) is 0 Å². The van der Waals surface area contributed by atoms with Crippen LogP contribution in [0.15, 0.2) is 96.5 Å². The van der Waals surface area contributed by atoms with Crippen molar-refractivity contribution < 1.29 is 0 Å². The molecule has 202 valence electrons. The second kappa shape index (κ2) is 15.0. The van der Waals surface area contributed by atoms with Crippen LogP contribution < -0.4 is 0 Å². The van der Waals surface area contributed by atoms with E-state index in [2.05, 4.69) is 83.0 Å². The second-order valence-electron chi connectivity index (χ2n) is 10.3. The van der Waals surface area contributed by atoms with E-state index in [1.54, 1.807) is 0 Å². The van der Waals surface area contributed by atoms with E-state index in [-0.39, 0.29) is 0 Å². The van der Waals surface area contributed by atoms with Crippen LogP contribution in [0.5, 0.6) is 0 Å². The third-order valence-corrected chi connectivity index (χ3v) is 7.49. The van der Waals surface area contributed by atoms with Crippen molar-refractivity contribution in [3.05, 3.63) is 125 Å². The Morgan fingerprint density at radius 2 is 1.62 bits per heavy atom. The minimum absolute atomic E-state index is 0.669. The maximum absolute atomic E-state index is 5.06. The van der Waals surface area contributed by atoms with Gasteiger partial charge in [0.15, 0.2) is 5.84 Å². The van der Waals surface area contributed by atoms with Gasteiger partial charge in [0.2, 0.25) is 0 Å². The molecular weight excluding hydrogens is 472 g/mol. The number of aryl methyl sites for hydroxylation is 2. The van der Waals surface area contributed by atoms with Gasteiger partial charge in [0.25, 0.3) is 0 Å². The standard InChI is InChI=1S/C37H44N2/c1-8-12-15-30(9-2)18-19-32-22-25-35(27(5)26-32)37(38-28(6)34-23-20-31(10-3)21-24-34)39-29(7)36-17-14-13-16-33(36)11-4/h10-11,13-14,16-17,20-26,30H,3-4,7-9,12,15,18-19H2,1-2,5-6H3. The predicted molar refractivity (Wildman–Crippen MR) is 174 cm³/mol. The fourth-order valence-electron chi connectivity index (χ4n) is 4.90. The molecule has 3 aromatic rings. The van der Waals surface area contributed by atoms with E-state index >= 15 is 0 Å². The van der Waals surface area contributed by atoms with Crippen molar-refractivity contribution >= 4 is 29.4 Å². The average molecular weight is 517 g/mol. The molecule has 3 rings (SSSR count). The van der Waals surface area contributed by atoms with Gasteiger partial charge in [0.05, 0.1) is 5.70 Å². The van der Waals surface area contributed by atoms with E-state index in [1.165, 1.54) is 43.2 Å². The zero-order valence-corrected chi connectivity index (χ0v) is 24.3. The molecule has 0 aliphatic rings. The summed E-state index contributed by atoms with van der Waals surface area (Å²) in [5, 5.41) is 0. The van der Waals surface area contributed by atoms with E-state index in [0.717, 1.165) is 45.9 Å². The third-order valence-electron chi connectivity index (χ3n) is 7.49. The van der Waals surface area contributed by atoms with Gasteiger partial charge in [-0.3, -0.25) is 0 Å². The summed E-state index contributed by atoms with van der Waals surface area (Å²) in [4.78, 5) is 10.1. The van der Waals surface area contributed by atoms with Crippen LogP contribution in [-0.4, -0.2) is 11.5 Å². The first-order valence-electron chi connectivity index (χ1n) is 14.3. The Labute approximate surface area is 236 Å². The molecule has 0 spiro atoms. The Kier molecular flexibility index (Phi) is 11.4. The summed E-state index contributed by atoms with van der Waals surface area (Å²) in [6.07, 6.45) is 11.2. The molecule has 0 saturated heterocycles.